The molecule has 0 spiro atoms. The van der Waals surface area contributed by atoms with Crippen LogP contribution in [0.1, 0.15) is 47.2 Å². The second-order valence-electron chi connectivity index (χ2n) is 19.0. The second kappa shape index (κ2) is 25.1. The van der Waals surface area contributed by atoms with Gasteiger partial charge in [-0.05, 0) is 71.8 Å². The van der Waals surface area contributed by atoms with Gasteiger partial charge in [0.25, 0.3) is 11.8 Å². The zero-order chi connectivity index (χ0) is 61.7. The molecule has 11 rings (SSSR count). The van der Waals surface area contributed by atoms with Crippen molar-refractivity contribution in [1.82, 2.24) is 19.8 Å². The zero-order valence-electron chi connectivity index (χ0n) is 45.9. The third-order valence-electron chi connectivity index (χ3n) is 13.7. The molecule has 0 atom stereocenters. The van der Waals surface area contributed by atoms with Crippen LogP contribution in [0.5, 0.6) is 11.8 Å². The molecule has 7 aromatic rings. The number of allylic oxidation sites excluding steroid dienone is 2. The van der Waals surface area contributed by atoms with E-state index in [1.165, 1.54) is 21.9 Å². The molecule has 88 heavy (non-hydrogen) atoms. The predicted molar refractivity (Wildman–Crippen MR) is 319 cm³/mol. The summed E-state index contributed by atoms with van der Waals surface area (Å²) < 4.78 is 37.5. The summed E-state index contributed by atoms with van der Waals surface area (Å²) in [5.74, 6) is -7.45. The quantitative estimate of drug-likeness (QED) is 0.0376. The molecule has 2 fully saturated rings. The number of carbonyl (C=O) groups excluding carboxylic acids is 6. The Hall–Kier alpha value is -10.7. The van der Waals surface area contributed by atoms with Crippen LogP contribution < -0.4 is 9.47 Å². The van der Waals surface area contributed by atoms with E-state index in [-0.39, 0.29) is 86.7 Å². The number of ether oxygens (including phenoxy) is 6. The molecule has 2 saturated heterocycles. The number of hydrogen-bond donors (Lipinski definition) is 0. The molecule has 434 valence electrons. The lowest BCUT2D eigenvalue weighted by Crippen LogP contribution is -2.54. The molecule has 5 aromatic carbocycles. The summed E-state index contributed by atoms with van der Waals surface area (Å²) >= 11 is 3.10. The first-order valence-electron chi connectivity index (χ1n) is 26.5. The lowest BCUT2D eigenvalue weighted by molar-refractivity contribution is -0.185. The van der Waals surface area contributed by atoms with Gasteiger partial charge in [-0.25, -0.2) is 29.2 Å². The number of fused-ring (bicyclic) bond motifs is 6. The Labute approximate surface area is 516 Å². The Kier molecular flexibility index (Phi) is 16.8. The fourth-order valence-electron chi connectivity index (χ4n) is 9.49. The van der Waals surface area contributed by atoms with Gasteiger partial charge in [-0.15, -0.1) is 0 Å². The highest BCUT2D eigenvalue weighted by atomic mass is 32.2. The number of aromatic nitrogens is 2. The topological polar surface area (TPSA) is 310 Å². The van der Waals surface area contributed by atoms with Crippen LogP contribution in [0.25, 0.3) is 20.9 Å². The van der Waals surface area contributed by atoms with Gasteiger partial charge in [0, 0.05) is 35.3 Å². The number of hydrogen-bond acceptors (Lipinski definition) is 24. The molecule has 4 aliphatic heterocycles. The predicted octanol–water partition coefficient (Wildman–Crippen LogP) is 9.85. The van der Waals surface area contributed by atoms with E-state index in [1.54, 1.807) is 135 Å². The van der Waals surface area contributed by atoms with Crippen molar-refractivity contribution in [2.45, 2.75) is 51.5 Å². The lowest BCUT2D eigenvalue weighted by Gasteiger charge is -2.38. The van der Waals surface area contributed by atoms with Crippen molar-refractivity contribution < 1.29 is 57.2 Å². The van der Waals surface area contributed by atoms with Crippen LogP contribution in [0.15, 0.2) is 165 Å². The molecule has 0 saturated carbocycles. The van der Waals surface area contributed by atoms with Gasteiger partial charge >= 0.3 is 35.1 Å². The first-order valence-corrected chi connectivity index (χ1v) is 29.7. The molecular formula is C62H40N10O12S4. The van der Waals surface area contributed by atoms with Gasteiger partial charge in [0.05, 0.1) is 0 Å². The maximum atomic E-state index is 15.6. The van der Waals surface area contributed by atoms with Crippen molar-refractivity contribution >= 4 is 102 Å². The maximum absolute atomic E-state index is 15.6. The van der Waals surface area contributed by atoms with Crippen molar-refractivity contribution in [3.8, 4) is 56.9 Å². The van der Waals surface area contributed by atoms with Gasteiger partial charge in [0.1, 0.15) is 70.5 Å². The van der Waals surface area contributed by atoms with Crippen LogP contribution in [0.4, 0.5) is 10.3 Å². The average molecular weight is 1250 g/mol. The van der Waals surface area contributed by atoms with Crippen molar-refractivity contribution in [3.05, 3.63) is 188 Å². The van der Waals surface area contributed by atoms with Crippen molar-refractivity contribution in [2.24, 2.45) is 9.98 Å². The normalized spacial score (nSPS) is 15.6. The van der Waals surface area contributed by atoms with E-state index in [2.05, 4.69) is 20.0 Å². The first-order chi connectivity index (χ1) is 42.8. The summed E-state index contributed by atoms with van der Waals surface area (Å²) in [6.07, 6.45) is 0. The molecule has 2 aromatic heterocycles. The van der Waals surface area contributed by atoms with E-state index in [0.717, 1.165) is 46.2 Å². The van der Waals surface area contributed by atoms with Crippen LogP contribution in [0.3, 0.4) is 0 Å². The Bertz CT molecular complexity index is 3930. The highest BCUT2D eigenvalue weighted by Gasteiger charge is 2.63. The second-order valence-corrected chi connectivity index (χ2v) is 22.9. The molecular weight excluding hydrogens is 1210 g/mol. The van der Waals surface area contributed by atoms with E-state index in [1.807, 2.05) is 24.3 Å². The average Bonchev–Trinajstić information content (AvgIpc) is 1.24. The summed E-state index contributed by atoms with van der Waals surface area (Å²) in [6.45, 7) is 1.80. The number of amides is 2. The van der Waals surface area contributed by atoms with Crippen molar-refractivity contribution in [1.29, 1.82) is 21.0 Å². The maximum Gasteiger partial charge on any atom is 0.367 e. The van der Waals surface area contributed by atoms with Gasteiger partial charge in [-0.1, -0.05) is 144 Å². The van der Waals surface area contributed by atoms with E-state index in [9.17, 15) is 30.6 Å². The Morgan fingerprint density at radius 2 is 0.795 bits per heavy atom. The zero-order valence-corrected chi connectivity index (χ0v) is 49.2. The van der Waals surface area contributed by atoms with E-state index in [4.69, 9.17) is 28.4 Å². The Morgan fingerprint density at radius 3 is 1.07 bits per heavy atom. The van der Waals surface area contributed by atoms with Gasteiger partial charge in [-0.2, -0.15) is 31.0 Å². The van der Waals surface area contributed by atoms with Crippen LogP contribution >= 0.6 is 46.2 Å². The molecule has 4 aliphatic rings. The largest absolute Gasteiger partial charge is 0.457 e. The molecule has 0 unspecified atom stereocenters. The van der Waals surface area contributed by atoms with Crippen molar-refractivity contribution in [2.75, 3.05) is 13.1 Å². The summed E-state index contributed by atoms with van der Waals surface area (Å²) in [6, 6.07) is 44.1. The number of nitrogens with zero attached hydrogens (tertiary/aromatic N) is 10. The minimum absolute atomic E-state index is 0.0226. The number of nitriles is 4. The highest BCUT2D eigenvalue weighted by molar-refractivity contribution is 8.20. The van der Waals surface area contributed by atoms with Gasteiger partial charge in [0.2, 0.25) is 22.0 Å². The monoisotopic (exact) mass is 1240 g/mol. The Morgan fingerprint density at radius 1 is 0.500 bits per heavy atom. The minimum Gasteiger partial charge on any atom is -0.457 e. The Balaban J connectivity index is 1.18. The molecule has 0 radical (unpaired) electrons. The number of benzene rings is 5. The summed E-state index contributed by atoms with van der Waals surface area (Å²) in [5, 5.41) is 38.5. The number of carbonyl (C=O) groups is 6. The van der Waals surface area contributed by atoms with Gasteiger partial charge < -0.3 is 28.4 Å². The van der Waals surface area contributed by atoms with Crippen LogP contribution in [0, 0.1) is 45.3 Å². The molecule has 0 N–H and O–H groups in total. The molecule has 26 heteroatoms. The van der Waals surface area contributed by atoms with Crippen LogP contribution in [-0.4, -0.2) is 78.6 Å². The smallest absolute Gasteiger partial charge is 0.367 e. The summed E-state index contributed by atoms with van der Waals surface area (Å²) in [4.78, 5) is 111. The van der Waals surface area contributed by atoms with E-state index >= 15 is 19.2 Å². The third kappa shape index (κ3) is 10.9. The van der Waals surface area contributed by atoms with Crippen LogP contribution in [-0.2, 0) is 85.3 Å². The lowest BCUT2D eigenvalue weighted by atomic mass is 9.79. The number of rotatable bonds is 16. The number of aliphatic imine (C=N–C) groups is 2. The number of thioether (sulfide) groups is 2. The SMILES string of the molecule is CCN1C(=O)/C(=N\c2nc3c(s2)-c2cc4c(cc2C(C(=O)OCc2ccccc2)(C(=O)OCc2ccccc2)O3)-c2sc(/N=C3/SC(=C(C#N)C#N)N(CC)C3=O)nc2OC4(C(=O)OCc2ccccc2)C(=O)OCc2ccccc2)SC1=C(C#N)C#N. The van der Waals surface area contributed by atoms with E-state index in [0.29, 0.717) is 22.3 Å². The number of esters is 4. The van der Waals surface area contributed by atoms with E-state index < -0.39 is 85.1 Å². The number of thiazole rings is 2. The fourth-order valence-corrected chi connectivity index (χ4v) is 13.5. The minimum atomic E-state index is -2.98. The van der Waals surface area contributed by atoms with Crippen LogP contribution in [0.2, 0.25) is 0 Å². The summed E-state index contributed by atoms with van der Waals surface area (Å²) in [7, 11) is 0. The molecule has 2 amide bonds. The molecule has 22 nitrogen and oxygen atoms in total. The molecule has 0 bridgehead atoms. The standard InChI is InChI=1S/C62H40N10O12S4/c1-3-71-51(73)49(87-53(71)39(27-63)28-64)69-59-67-47-45(85-59)41-25-44-42(26-43(41)61(83-47,55(75)79-31-35-17-9-5-10-18-35)56(76)80-32-36-19-11-6-12-20-36)46-48(68-60(86-46)70-50-52(74)72(4-2)54(88-50)40(29-65)30-66)84-62(44,57(77)81-33-37-21-13-7-14-22-37)58(78)82-34-38-23-15-8-16-24-38/h5-26H,3-4,31-34H2,1-2H3/b69-49+,70-50+. The fraction of sp³-hybridized carbons (Fsp3) is 0.161. The molecule has 6 heterocycles. The first kappa shape index (κ1) is 59.0. The highest BCUT2D eigenvalue weighted by Crippen LogP contribution is 2.58. The third-order valence-corrected chi connectivity index (χ3v) is 17.8. The summed E-state index contributed by atoms with van der Waals surface area (Å²) in [5.41, 5.74) is -5.37. The van der Waals surface area contributed by atoms with Gasteiger partial charge in [-0.3, -0.25) is 19.4 Å². The molecule has 0 aliphatic carbocycles. The van der Waals surface area contributed by atoms with Gasteiger partial charge in [0.15, 0.2) is 21.2 Å². The van der Waals surface area contributed by atoms with Crippen molar-refractivity contribution in [3.63, 3.8) is 0 Å².